The first-order valence-corrected chi connectivity index (χ1v) is 9.00. The summed E-state index contributed by atoms with van der Waals surface area (Å²) in [5.41, 5.74) is 0.162. The van der Waals surface area contributed by atoms with Gasteiger partial charge in [0.05, 0.1) is 12.2 Å². The molecule has 2 saturated heterocycles. The molecule has 26 heavy (non-hydrogen) atoms. The molecule has 1 spiro atoms. The number of piperidine rings is 1. The van der Waals surface area contributed by atoms with Gasteiger partial charge in [0.25, 0.3) is 5.91 Å². The fraction of sp³-hybridized carbons (Fsp3) is 0.400. The Morgan fingerprint density at radius 1 is 1.12 bits per heavy atom. The molecule has 0 aliphatic carbocycles. The number of hydrogen-bond acceptors (Lipinski definition) is 4. The number of ether oxygens (including phenoxy) is 1. The molecular weight excluding hydrogens is 333 g/mol. The van der Waals surface area contributed by atoms with E-state index >= 15 is 0 Å². The lowest BCUT2D eigenvalue weighted by atomic mass is 9.89. The smallest absolute Gasteiger partial charge is 0.253 e. The Labute approximate surface area is 152 Å². The van der Waals surface area contributed by atoms with E-state index in [1.165, 1.54) is 12.1 Å². The number of amides is 1. The predicted octanol–water partition coefficient (Wildman–Crippen LogP) is 2.73. The zero-order valence-electron chi connectivity index (χ0n) is 14.6. The van der Waals surface area contributed by atoms with Crippen LogP contribution < -0.4 is 4.90 Å². The van der Waals surface area contributed by atoms with Gasteiger partial charge in [-0.1, -0.05) is 12.1 Å². The maximum atomic E-state index is 13.4. The zero-order chi connectivity index (χ0) is 18.0. The van der Waals surface area contributed by atoms with Crippen molar-refractivity contribution >= 4 is 11.7 Å². The van der Waals surface area contributed by atoms with Crippen molar-refractivity contribution in [2.24, 2.45) is 0 Å². The largest absolute Gasteiger partial charge is 0.371 e. The summed E-state index contributed by atoms with van der Waals surface area (Å²) in [6, 6.07) is 11.8. The van der Waals surface area contributed by atoms with Crippen molar-refractivity contribution in [3.8, 4) is 0 Å². The summed E-state index contributed by atoms with van der Waals surface area (Å²) in [6.45, 7) is 3.50. The van der Waals surface area contributed by atoms with Crippen molar-refractivity contribution < 1.29 is 13.9 Å². The minimum Gasteiger partial charge on any atom is -0.371 e. The van der Waals surface area contributed by atoms with Crippen LogP contribution in [0, 0.1) is 5.82 Å². The van der Waals surface area contributed by atoms with Gasteiger partial charge in [0.1, 0.15) is 11.6 Å². The Kier molecular flexibility index (Phi) is 4.59. The van der Waals surface area contributed by atoms with Gasteiger partial charge in [0.2, 0.25) is 0 Å². The minimum atomic E-state index is -0.383. The van der Waals surface area contributed by atoms with E-state index in [1.54, 1.807) is 23.2 Å². The highest BCUT2D eigenvalue weighted by Crippen LogP contribution is 2.32. The summed E-state index contributed by atoms with van der Waals surface area (Å²) in [6.07, 6.45) is 3.35. The molecule has 5 nitrogen and oxygen atoms in total. The lowest BCUT2D eigenvalue weighted by molar-refractivity contribution is -0.0870. The van der Waals surface area contributed by atoms with Crippen LogP contribution in [0.15, 0.2) is 48.7 Å². The Morgan fingerprint density at radius 3 is 2.69 bits per heavy atom. The number of benzene rings is 1. The van der Waals surface area contributed by atoms with Crippen molar-refractivity contribution in [1.82, 2.24) is 9.88 Å². The Morgan fingerprint density at radius 2 is 1.96 bits per heavy atom. The van der Waals surface area contributed by atoms with E-state index in [4.69, 9.17) is 4.74 Å². The van der Waals surface area contributed by atoms with Gasteiger partial charge in [-0.3, -0.25) is 4.79 Å². The fourth-order valence-electron chi connectivity index (χ4n) is 3.81. The average molecular weight is 355 g/mol. The van der Waals surface area contributed by atoms with Crippen LogP contribution >= 0.6 is 0 Å². The van der Waals surface area contributed by atoms with Crippen LogP contribution in [0.2, 0.25) is 0 Å². The first-order chi connectivity index (χ1) is 12.7. The molecule has 2 aromatic rings. The van der Waals surface area contributed by atoms with E-state index < -0.39 is 0 Å². The number of nitrogens with zero attached hydrogens (tertiary/aromatic N) is 3. The third kappa shape index (κ3) is 3.42. The van der Waals surface area contributed by atoms with E-state index in [9.17, 15) is 9.18 Å². The Hall–Kier alpha value is -2.47. The lowest BCUT2D eigenvalue weighted by Gasteiger charge is -2.47. The summed E-state index contributed by atoms with van der Waals surface area (Å²) in [5.74, 6) is 0.469. The maximum absolute atomic E-state index is 13.4. The molecular formula is C20H22FN3O2. The molecule has 0 atom stereocenters. The number of aromatic nitrogens is 1. The number of pyridine rings is 1. The van der Waals surface area contributed by atoms with Crippen molar-refractivity contribution in [3.63, 3.8) is 0 Å². The summed E-state index contributed by atoms with van der Waals surface area (Å²) in [7, 11) is 0. The third-order valence-electron chi connectivity index (χ3n) is 5.26. The molecule has 0 unspecified atom stereocenters. The molecule has 3 heterocycles. The number of rotatable bonds is 2. The van der Waals surface area contributed by atoms with E-state index in [-0.39, 0.29) is 17.3 Å². The molecule has 0 radical (unpaired) electrons. The minimum absolute atomic E-state index is 0.114. The molecule has 1 aromatic heterocycles. The molecule has 136 valence electrons. The average Bonchev–Trinajstić information content (AvgIpc) is 2.69. The first-order valence-electron chi connectivity index (χ1n) is 9.00. The molecule has 2 fully saturated rings. The van der Waals surface area contributed by atoms with Gasteiger partial charge in [-0.2, -0.15) is 0 Å². The van der Waals surface area contributed by atoms with Gasteiger partial charge in [-0.25, -0.2) is 9.37 Å². The van der Waals surface area contributed by atoms with Gasteiger partial charge in [-0.15, -0.1) is 0 Å². The predicted molar refractivity (Wildman–Crippen MR) is 96.7 cm³/mol. The fourth-order valence-corrected chi connectivity index (χ4v) is 3.81. The van der Waals surface area contributed by atoms with E-state index in [2.05, 4.69) is 9.88 Å². The number of morpholine rings is 1. The molecule has 1 aromatic carbocycles. The van der Waals surface area contributed by atoms with Crippen LogP contribution in [-0.2, 0) is 4.74 Å². The number of anilines is 1. The second kappa shape index (κ2) is 7.03. The molecule has 6 heteroatoms. The van der Waals surface area contributed by atoms with Crippen molar-refractivity contribution in [2.45, 2.75) is 18.4 Å². The summed E-state index contributed by atoms with van der Waals surface area (Å²) >= 11 is 0. The van der Waals surface area contributed by atoms with E-state index in [0.717, 1.165) is 31.7 Å². The zero-order valence-corrected chi connectivity index (χ0v) is 14.6. The summed E-state index contributed by atoms with van der Waals surface area (Å²) < 4.78 is 19.5. The monoisotopic (exact) mass is 355 g/mol. The van der Waals surface area contributed by atoms with Gasteiger partial charge < -0.3 is 14.5 Å². The van der Waals surface area contributed by atoms with Crippen LogP contribution in [0.5, 0.6) is 0 Å². The Bertz CT molecular complexity index is 776. The van der Waals surface area contributed by atoms with Crippen LogP contribution in [-0.4, -0.2) is 54.2 Å². The molecule has 0 saturated carbocycles. The molecule has 1 amide bonds. The summed E-state index contributed by atoms with van der Waals surface area (Å²) in [4.78, 5) is 21.1. The molecule has 4 rings (SSSR count). The lowest BCUT2D eigenvalue weighted by Crippen LogP contribution is -2.57. The van der Waals surface area contributed by atoms with Gasteiger partial charge in [0.15, 0.2) is 0 Å². The first kappa shape index (κ1) is 17.0. The topological polar surface area (TPSA) is 45.7 Å². The number of carbonyl (C=O) groups excluding carboxylic acids is 1. The SMILES string of the molecule is O=C(c1cccc(F)c1)N1CCC2(CC1)CN(c1ccccn1)CCO2. The quantitative estimate of drug-likeness (QED) is 0.831. The highest BCUT2D eigenvalue weighted by Gasteiger charge is 2.41. The molecule has 2 aliphatic rings. The molecule has 2 aliphatic heterocycles. The highest BCUT2D eigenvalue weighted by molar-refractivity contribution is 5.94. The second-order valence-corrected chi connectivity index (χ2v) is 6.94. The van der Waals surface area contributed by atoms with Gasteiger partial charge in [-0.05, 0) is 43.2 Å². The van der Waals surface area contributed by atoms with Crippen LogP contribution in [0.4, 0.5) is 10.2 Å². The van der Waals surface area contributed by atoms with Crippen LogP contribution in [0.1, 0.15) is 23.2 Å². The third-order valence-corrected chi connectivity index (χ3v) is 5.26. The van der Waals surface area contributed by atoms with E-state index in [1.807, 2.05) is 18.2 Å². The number of hydrogen-bond donors (Lipinski definition) is 0. The standard InChI is InChI=1S/C20H22FN3O2/c21-17-5-3-4-16(14-17)19(25)23-10-7-20(8-11-23)15-24(12-13-26-20)18-6-1-2-9-22-18/h1-6,9,14H,7-8,10-13,15H2. The van der Waals surface area contributed by atoms with Crippen molar-refractivity contribution in [3.05, 3.63) is 60.0 Å². The maximum Gasteiger partial charge on any atom is 0.253 e. The van der Waals surface area contributed by atoms with Crippen LogP contribution in [0.25, 0.3) is 0 Å². The molecule has 0 N–H and O–H groups in total. The second-order valence-electron chi connectivity index (χ2n) is 6.94. The normalized spacial score (nSPS) is 19.6. The summed E-state index contributed by atoms with van der Waals surface area (Å²) in [5, 5.41) is 0. The number of halogens is 1. The van der Waals surface area contributed by atoms with E-state index in [0.29, 0.717) is 25.3 Å². The van der Waals surface area contributed by atoms with Gasteiger partial charge >= 0.3 is 0 Å². The number of carbonyl (C=O) groups is 1. The van der Waals surface area contributed by atoms with Crippen LogP contribution in [0.3, 0.4) is 0 Å². The molecule has 0 bridgehead atoms. The van der Waals surface area contributed by atoms with Crippen molar-refractivity contribution in [2.75, 3.05) is 37.7 Å². The van der Waals surface area contributed by atoms with Crippen molar-refractivity contribution in [1.29, 1.82) is 0 Å². The Balaban J connectivity index is 1.42. The number of likely N-dealkylation sites (tertiary alicyclic amines) is 1. The highest BCUT2D eigenvalue weighted by atomic mass is 19.1. The van der Waals surface area contributed by atoms with Gasteiger partial charge in [0, 0.05) is 37.9 Å².